The van der Waals surface area contributed by atoms with Gasteiger partial charge in [-0.1, -0.05) is 42.5 Å². The maximum Gasteiger partial charge on any atom is 0.0886 e. The lowest BCUT2D eigenvalue weighted by Crippen LogP contribution is -2.45. The third-order valence-corrected chi connectivity index (χ3v) is 5.37. The average molecular weight is 295 g/mol. The van der Waals surface area contributed by atoms with E-state index in [-0.39, 0.29) is 5.54 Å². The molecule has 0 saturated carbocycles. The van der Waals surface area contributed by atoms with Crippen molar-refractivity contribution in [3.05, 3.63) is 59.2 Å². The molecule has 0 aromatic heterocycles. The number of likely N-dealkylation sites (N-methyl/N-ethyl adjacent to an activating group) is 1. The highest BCUT2D eigenvalue weighted by molar-refractivity contribution is 5.47. The topological polar surface area (TPSA) is 3.24 Å². The fourth-order valence-electron chi connectivity index (χ4n) is 4.42. The Morgan fingerprint density at radius 2 is 1.32 bits per heavy atom. The maximum absolute atomic E-state index is 2.53. The molecule has 0 heterocycles. The van der Waals surface area contributed by atoms with Crippen LogP contribution < -0.4 is 0 Å². The zero-order chi connectivity index (χ0) is 15.4. The van der Waals surface area contributed by atoms with E-state index in [9.17, 15) is 0 Å². The Morgan fingerprint density at radius 3 is 1.73 bits per heavy atom. The minimum absolute atomic E-state index is 0.0118. The van der Waals surface area contributed by atoms with Crippen molar-refractivity contribution >= 4 is 0 Å². The van der Waals surface area contributed by atoms with Crippen molar-refractivity contribution in [3.8, 4) is 0 Å². The second-order valence-electron chi connectivity index (χ2n) is 6.92. The quantitative estimate of drug-likeness (QED) is 0.668. The Hall–Kier alpha value is -1.34. The van der Waals surface area contributed by atoms with Gasteiger partial charge in [-0.3, -0.25) is 4.90 Å². The summed E-state index contributed by atoms with van der Waals surface area (Å²) in [6, 6.07) is 11.2. The summed E-state index contributed by atoms with van der Waals surface area (Å²) >= 11 is 0. The predicted molar refractivity (Wildman–Crippen MR) is 94.9 cm³/mol. The van der Waals surface area contributed by atoms with Crippen LogP contribution in [-0.2, 0) is 5.54 Å². The maximum atomic E-state index is 2.53. The summed E-state index contributed by atoms with van der Waals surface area (Å²) in [5.74, 6) is 0. The molecule has 0 fully saturated rings. The van der Waals surface area contributed by atoms with Crippen LogP contribution in [0.25, 0.3) is 0 Å². The van der Waals surface area contributed by atoms with E-state index in [1.54, 1.807) is 11.1 Å². The average Bonchev–Trinajstić information content (AvgIpc) is 2.58. The van der Waals surface area contributed by atoms with Gasteiger partial charge in [-0.25, -0.2) is 0 Å². The minimum Gasteiger partial charge on any atom is -0.293 e. The van der Waals surface area contributed by atoms with Gasteiger partial charge in [-0.15, -0.1) is 0 Å². The summed E-state index contributed by atoms with van der Waals surface area (Å²) in [7, 11) is 4.52. The fourth-order valence-corrected chi connectivity index (χ4v) is 4.42. The van der Waals surface area contributed by atoms with E-state index >= 15 is 0 Å². The molecule has 1 nitrogen and oxygen atoms in total. The first-order valence-electron chi connectivity index (χ1n) is 8.88. The molecule has 0 unspecified atom stereocenters. The second-order valence-corrected chi connectivity index (χ2v) is 6.92. The van der Waals surface area contributed by atoms with Crippen LogP contribution in [0.3, 0.4) is 0 Å². The molecular weight excluding hydrogens is 266 g/mol. The molecule has 1 aromatic rings. The van der Waals surface area contributed by atoms with Crippen LogP contribution in [-0.4, -0.2) is 19.0 Å². The van der Waals surface area contributed by atoms with E-state index in [0.29, 0.717) is 0 Å². The number of hydrogen-bond donors (Lipinski definition) is 0. The molecule has 2 aliphatic carbocycles. The molecule has 0 radical (unpaired) electrons. The summed E-state index contributed by atoms with van der Waals surface area (Å²) < 4.78 is 0. The highest BCUT2D eigenvalue weighted by Crippen LogP contribution is 2.47. The largest absolute Gasteiger partial charge is 0.293 e. The molecule has 2 aliphatic rings. The van der Waals surface area contributed by atoms with Crippen molar-refractivity contribution < 1.29 is 0 Å². The van der Waals surface area contributed by atoms with Crippen LogP contribution >= 0.6 is 0 Å². The molecule has 3 rings (SSSR count). The summed E-state index contributed by atoms with van der Waals surface area (Å²) in [5.41, 5.74) is 4.69. The number of benzene rings is 1. The van der Waals surface area contributed by atoms with Gasteiger partial charge >= 0.3 is 0 Å². The Kier molecular flexibility index (Phi) is 4.83. The van der Waals surface area contributed by atoms with Gasteiger partial charge in [0.2, 0.25) is 0 Å². The van der Waals surface area contributed by atoms with Gasteiger partial charge in [0.25, 0.3) is 0 Å². The summed E-state index contributed by atoms with van der Waals surface area (Å²) in [5, 5.41) is 0. The van der Waals surface area contributed by atoms with Crippen LogP contribution in [0.1, 0.15) is 56.9 Å². The van der Waals surface area contributed by atoms with Crippen molar-refractivity contribution in [2.75, 3.05) is 14.1 Å². The number of allylic oxidation sites excluding steroid dienone is 2. The normalized spacial score (nSPS) is 19.8. The van der Waals surface area contributed by atoms with Gasteiger partial charge in [0.15, 0.2) is 0 Å². The minimum atomic E-state index is -0.0118. The third kappa shape index (κ3) is 2.67. The van der Waals surface area contributed by atoms with E-state index in [0.717, 1.165) is 0 Å². The summed E-state index contributed by atoms with van der Waals surface area (Å²) in [6.45, 7) is 0. The van der Waals surface area contributed by atoms with Crippen LogP contribution in [0.15, 0.2) is 53.6 Å². The van der Waals surface area contributed by atoms with Gasteiger partial charge in [0, 0.05) is 0 Å². The number of hydrogen-bond acceptors (Lipinski definition) is 1. The first-order valence-corrected chi connectivity index (χ1v) is 8.88. The SMILES string of the molecule is CN(C)C(C1=CCCCC1)(C1=CCCCC1)c1ccccc1. The van der Waals surface area contributed by atoms with Crippen LogP contribution in [0.2, 0.25) is 0 Å². The summed E-state index contributed by atoms with van der Waals surface area (Å²) in [4.78, 5) is 2.47. The van der Waals surface area contributed by atoms with E-state index < -0.39 is 0 Å². The highest BCUT2D eigenvalue weighted by Gasteiger charge is 2.41. The van der Waals surface area contributed by atoms with Gasteiger partial charge in [-0.2, -0.15) is 0 Å². The van der Waals surface area contributed by atoms with Crippen molar-refractivity contribution in [1.82, 2.24) is 4.90 Å². The Labute approximate surface area is 135 Å². The van der Waals surface area contributed by atoms with E-state index in [2.05, 4.69) is 61.5 Å². The van der Waals surface area contributed by atoms with Crippen molar-refractivity contribution in [2.45, 2.75) is 56.9 Å². The lowest BCUT2D eigenvalue weighted by molar-refractivity contribution is 0.218. The van der Waals surface area contributed by atoms with Gasteiger partial charge < -0.3 is 0 Å². The third-order valence-electron chi connectivity index (χ3n) is 5.37. The van der Waals surface area contributed by atoms with Gasteiger partial charge in [0.05, 0.1) is 5.54 Å². The molecule has 118 valence electrons. The van der Waals surface area contributed by atoms with Crippen LogP contribution in [0, 0.1) is 0 Å². The number of rotatable bonds is 4. The molecule has 0 spiro atoms. The molecule has 0 atom stereocenters. The Bertz CT molecular complexity index is 525. The molecular formula is C21H29N. The smallest absolute Gasteiger partial charge is 0.0886 e. The zero-order valence-electron chi connectivity index (χ0n) is 14.1. The van der Waals surface area contributed by atoms with E-state index in [1.807, 2.05) is 0 Å². The molecule has 1 heteroatoms. The van der Waals surface area contributed by atoms with E-state index in [4.69, 9.17) is 0 Å². The van der Waals surface area contributed by atoms with Crippen molar-refractivity contribution in [1.29, 1.82) is 0 Å². The number of nitrogens with zero attached hydrogens (tertiary/aromatic N) is 1. The van der Waals surface area contributed by atoms with Crippen LogP contribution in [0.4, 0.5) is 0 Å². The highest BCUT2D eigenvalue weighted by atomic mass is 15.2. The van der Waals surface area contributed by atoms with Crippen molar-refractivity contribution in [2.24, 2.45) is 0 Å². The Balaban J connectivity index is 2.18. The van der Waals surface area contributed by atoms with E-state index in [1.165, 1.54) is 56.9 Å². The van der Waals surface area contributed by atoms with Crippen molar-refractivity contribution in [3.63, 3.8) is 0 Å². The van der Waals surface area contributed by atoms with Crippen LogP contribution in [0.5, 0.6) is 0 Å². The molecule has 0 amide bonds. The molecule has 0 aliphatic heterocycles. The summed E-state index contributed by atoms with van der Waals surface area (Å²) in [6.07, 6.45) is 15.4. The zero-order valence-corrected chi connectivity index (χ0v) is 14.1. The first-order chi connectivity index (χ1) is 10.8. The van der Waals surface area contributed by atoms with Gasteiger partial charge in [0.1, 0.15) is 0 Å². The standard InChI is InChI=1S/C21H29N/c1-22(2)21(18-12-6-3-7-13-18,19-14-8-4-9-15-19)20-16-10-5-11-17-20/h3,6-7,12-14,16H,4-5,8-11,15,17H2,1-2H3. The lowest BCUT2D eigenvalue weighted by Gasteiger charge is -2.46. The molecule has 0 bridgehead atoms. The fraction of sp³-hybridized carbons (Fsp3) is 0.524. The molecule has 0 N–H and O–H groups in total. The Morgan fingerprint density at radius 1 is 0.773 bits per heavy atom. The van der Waals surface area contributed by atoms with Gasteiger partial charge in [-0.05, 0) is 82.2 Å². The second kappa shape index (κ2) is 6.83. The monoisotopic (exact) mass is 295 g/mol. The first kappa shape index (κ1) is 15.6. The molecule has 0 saturated heterocycles. The molecule has 1 aromatic carbocycles. The predicted octanol–water partition coefficient (Wildman–Crippen LogP) is 5.44. The lowest BCUT2D eigenvalue weighted by atomic mass is 9.69. The molecule has 22 heavy (non-hydrogen) atoms.